The standard InChI is InChI=1S/C40H34ClF4N5O7S/c1-3-54-38(53)30(18-24-16-22(17-31(51)52)4-11-29(24)56-19-26-12-14-47-39(50-26)55-15-13-40(43,44)45)57-36-33-32(27-9-10-28(46)34(41)21(27)2)35(58-37(33)49-20-48-36)23-5-7-25(42)8-6-23/h4-12,14,16,20,30H,3,13,15,17-19,46H2,1-2H3,(H,51,52). The van der Waals surface area contributed by atoms with E-state index < -0.39 is 43.1 Å². The molecule has 0 spiro atoms. The Kier molecular flexibility index (Phi) is 12.9. The molecular formula is C40H34ClF4N5O7S. The van der Waals surface area contributed by atoms with Gasteiger partial charge in [0.2, 0.25) is 12.0 Å². The third-order valence-corrected chi connectivity index (χ3v) is 10.3. The molecule has 0 saturated heterocycles. The Morgan fingerprint density at radius 2 is 1.79 bits per heavy atom. The molecule has 3 N–H and O–H groups in total. The van der Waals surface area contributed by atoms with Crippen molar-refractivity contribution in [3.05, 3.63) is 106 Å². The van der Waals surface area contributed by atoms with Crippen LogP contribution in [0.15, 0.2) is 73.2 Å². The van der Waals surface area contributed by atoms with Crippen LogP contribution in [0.2, 0.25) is 5.02 Å². The van der Waals surface area contributed by atoms with Crippen LogP contribution >= 0.6 is 22.9 Å². The average Bonchev–Trinajstić information content (AvgIpc) is 3.56. The minimum atomic E-state index is -4.42. The summed E-state index contributed by atoms with van der Waals surface area (Å²) in [6.07, 6.45) is -4.93. The Bertz CT molecular complexity index is 2450. The predicted octanol–water partition coefficient (Wildman–Crippen LogP) is 8.59. The van der Waals surface area contributed by atoms with Crippen molar-refractivity contribution in [1.82, 2.24) is 19.9 Å². The number of alkyl halides is 3. The van der Waals surface area contributed by atoms with E-state index in [1.807, 2.05) is 0 Å². The first kappa shape index (κ1) is 41.6. The van der Waals surface area contributed by atoms with Crippen LogP contribution in [0.4, 0.5) is 23.2 Å². The zero-order valence-electron chi connectivity index (χ0n) is 30.8. The number of aromatic nitrogens is 4. The molecule has 12 nitrogen and oxygen atoms in total. The summed E-state index contributed by atoms with van der Waals surface area (Å²) in [6.45, 7) is 2.55. The van der Waals surface area contributed by atoms with E-state index in [1.165, 1.54) is 48.1 Å². The van der Waals surface area contributed by atoms with Gasteiger partial charge in [0.1, 0.15) is 35.9 Å². The molecule has 0 bridgehead atoms. The van der Waals surface area contributed by atoms with E-state index in [-0.39, 0.29) is 49.4 Å². The fourth-order valence-electron chi connectivity index (χ4n) is 5.93. The van der Waals surface area contributed by atoms with Crippen molar-refractivity contribution in [2.75, 3.05) is 18.9 Å². The molecule has 0 aliphatic rings. The number of hydrogen-bond donors (Lipinski definition) is 2. The van der Waals surface area contributed by atoms with Crippen molar-refractivity contribution in [3.8, 4) is 39.2 Å². The maximum Gasteiger partial charge on any atom is 0.392 e. The first-order valence-corrected chi connectivity index (χ1v) is 18.8. The van der Waals surface area contributed by atoms with Crippen LogP contribution in [0.1, 0.15) is 35.7 Å². The summed E-state index contributed by atoms with van der Waals surface area (Å²) in [6, 6.07) is 15.2. The van der Waals surface area contributed by atoms with Crippen LogP contribution in [0, 0.1) is 12.7 Å². The van der Waals surface area contributed by atoms with Gasteiger partial charge in [-0.1, -0.05) is 41.9 Å². The number of carboxylic acids is 1. The van der Waals surface area contributed by atoms with E-state index in [0.717, 1.165) is 0 Å². The van der Waals surface area contributed by atoms with Gasteiger partial charge in [0.15, 0.2) is 0 Å². The van der Waals surface area contributed by atoms with E-state index in [2.05, 4.69) is 19.9 Å². The number of thiophene rings is 1. The van der Waals surface area contributed by atoms with Gasteiger partial charge in [0.05, 0.1) is 41.2 Å². The van der Waals surface area contributed by atoms with Crippen LogP contribution in [-0.4, -0.2) is 62.5 Å². The number of benzene rings is 3. The Labute approximate surface area is 337 Å². The second-order valence-electron chi connectivity index (χ2n) is 12.7. The molecule has 302 valence electrons. The maximum absolute atomic E-state index is 14.1. The number of aliphatic carboxylic acids is 1. The van der Waals surface area contributed by atoms with Crippen LogP contribution in [-0.2, 0) is 33.8 Å². The van der Waals surface area contributed by atoms with Gasteiger partial charge in [0, 0.05) is 23.1 Å². The molecule has 3 aromatic heterocycles. The van der Waals surface area contributed by atoms with Crippen LogP contribution in [0.25, 0.3) is 31.8 Å². The highest BCUT2D eigenvalue weighted by molar-refractivity contribution is 7.22. The number of fused-ring (bicyclic) bond motifs is 1. The number of nitrogen functional groups attached to an aromatic ring is 1. The van der Waals surface area contributed by atoms with Crippen molar-refractivity contribution in [2.24, 2.45) is 0 Å². The lowest BCUT2D eigenvalue weighted by molar-refractivity contribution is -0.151. The summed E-state index contributed by atoms with van der Waals surface area (Å²) >= 11 is 7.93. The molecule has 0 saturated carbocycles. The van der Waals surface area contributed by atoms with Gasteiger partial charge in [0.25, 0.3) is 0 Å². The lowest BCUT2D eigenvalue weighted by Gasteiger charge is -2.20. The third kappa shape index (κ3) is 10.1. The number of carbonyl (C=O) groups is 2. The Balaban J connectivity index is 1.39. The molecule has 1 atom stereocenters. The molecule has 3 aromatic carbocycles. The van der Waals surface area contributed by atoms with Gasteiger partial charge < -0.3 is 29.8 Å². The number of carbonyl (C=O) groups excluding carboxylic acids is 1. The molecule has 3 heterocycles. The minimum Gasteiger partial charge on any atom is -0.487 e. The molecule has 0 amide bonds. The second-order valence-corrected chi connectivity index (χ2v) is 14.1. The topological polar surface area (TPSA) is 169 Å². The van der Waals surface area contributed by atoms with E-state index in [0.29, 0.717) is 59.2 Å². The normalized spacial score (nSPS) is 12.0. The summed E-state index contributed by atoms with van der Waals surface area (Å²) in [5, 5.41) is 10.3. The summed E-state index contributed by atoms with van der Waals surface area (Å²) in [5.74, 6) is -2.05. The molecule has 18 heteroatoms. The van der Waals surface area contributed by atoms with Crippen molar-refractivity contribution in [3.63, 3.8) is 0 Å². The number of rotatable bonds is 16. The average molecular weight is 840 g/mol. The highest BCUT2D eigenvalue weighted by Crippen LogP contribution is 2.49. The Hall–Kier alpha value is -6.07. The monoisotopic (exact) mass is 839 g/mol. The van der Waals surface area contributed by atoms with Crippen LogP contribution in [0.3, 0.4) is 0 Å². The number of halogens is 5. The number of ether oxygens (including phenoxy) is 4. The van der Waals surface area contributed by atoms with E-state index in [1.54, 1.807) is 50.2 Å². The maximum atomic E-state index is 14.1. The fourth-order valence-corrected chi connectivity index (χ4v) is 7.25. The largest absolute Gasteiger partial charge is 0.487 e. The number of hydrogen-bond acceptors (Lipinski definition) is 12. The molecule has 0 aliphatic carbocycles. The molecule has 6 aromatic rings. The molecule has 1 unspecified atom stereocenters. The van der Waals surface area contributed by atoms with E-state index >= 15 is 0 Å². The SMILES string of the molecule is CCOC(=O)C(Cc1cc(CC(=O)O)ccc1OCc1ccnc(OCCC(F)(F)F)n1)Oc1ncnc2sc(-c3ccc(F)cc3)c(-c3ccc(N)c(Cl)c3C)c12. The molecule has 58 heavy (non-hydrogen) atoms. The summed E-state index contributed by atoms with van der Waals surface area (Å²) < 4.78 is 75.0. The van der Waals surface area contributed by atoms with Crippen molar-refractivity contribution >= 4 is 50.8 Å². The molecular weight excluding hydrogens is 806 g/mol. The lowest BCUT2D eigenvalue weighted by atomic mass is 9.95. The molecule has 0 fully saturated rings. The first-order valence-electron chi connectivity index (χ1n) is 17.6. The molecule has 6 rings (SSSR count). The molecule has 0 aliphatic heterocycles. The van der Waals surface area contributed by atoms with Crippen molar-refractivity contribution < 1.29 is 51.2 Å². The van der Waals surface area contributed by atoms with Crippen molar-refractivity contribution in [1.29, 1.82) is 0 Å². The van der Waals surface area contributed by atoms with Gasteiger partial charge in [-0.05, 0) is 72.0 Å². The second kappa shape index (κ2) is 18.0. The highest BCUT2D eigenvalue weighted by atomic mass is 35.5. The Morgan fingerprint density at radius 3 is 2.52 bits per heavy atom. The highest BCUT2D eigenvalue weighted by Gasteiger charge is 2.30. The number of nitrogens with zero attached hydrogens (tertiary/aromatic N) is 4. The zero-order valence-corrected chi connectivity index (χ0v) is 32.4. The molecule has 0 radical (unpaired) electrons. The third-order valence-electron chi connectivity index (χ3n) is 8.62. The number of esters is 1. The number of nitrogens with two attached hydrogens (primary N) is 1. The minimum absolute atomic E-state index is 0.00290. The number of carboxylic acid groups (broad SMARTS) is 1. The van der Waals surface area contributed by atoms with E-state index in [4.69, 9.17) is 36.3 Å². The summed E-state index contributed by atoms with van der Waals surface area (Å²) in [5.41, 5.74) is 10.1. The first-order chi connectivity index (χ1) is 27.7. The van der Waals surface area contributed by atoms with Gasteiger partial charge >= 0.3 is 24.1 Å². The van der Waals surface area contributed by atoms with Gasteiger partial charge in [-0.25, -0.2) is 24.1 Å². The van der Waals surface area contributed by atoms with Gasteiger partial charge in [-0.3, -0.25) is 4.79 Å². The lowest BCUT2D eigenvalue weighted by Crippen LogP contribution is -2.32. The fraction of sp³-hybridized carbons (Fsp3) is 0.250. The Morgan fingerprint density at radius 1 is 1.02 bits per heavy atom. The quantitative estimate of drug-likeness (QED) is 0.0542. The van der Waals surface area contributed by atoms with Crippen LogP contribution in [0.5, 0.6) is 17.6 Å². The smallest absolute Gasteiger partial charge is 0.392 e. The predicted molar refractivity (Wildman–Crippen MR) is 207 cm³/mol. The number of anilines is 1. The zero-order chi connectivity index (χ0) is 41.6. The summed E-state index contributed by atoms with van der Waals surface area (Å²) in [4.78, 5) is 43.5. The van der Waals surface area contributed by atoms with E-state index in [9.17, 15) is 32.3 Å². The summed E-state index contributed by atoms with van der Waals surface area (Å²) in [7, 11) is 0. The van der Waals surface area contributed by atoms with Gasteiger partial charge in [-0.2, -0.15) is 18.2 Å². The van der Waals surface area contributed by atoms with Crippen LogP contribution < -0.4 is 19.9 Å². The van der Waals surface area contributed by atoms with Gasteiger partial charge in [-0.15, -0.1) is 11.3 Å². The van der Waals surface area contributed by atoms with Crippen molar-refractivity contribution in [2.45, 2.75) is 52.0 Å².